The molecule has 2 saturated heterocycles. The summed E-state index contributed by atoms with van der Waals surface area (Å²) in [5.74, 6) is 0.130. The molecule has 1 N–H and O–H groups in total. The standard InChI is InChI=1S/C20H30N4O2/c1-15(2)24-14-17(13-18(24)25)21-20(26)19(16-7-5-4-6-8-16)23-11-9-22(3)10-12-23/h4-8,15,17,19H,9-14H2,1-3H3,(H,21,26). The fourth-order valence-electron chi connectivity index (χ4n) is 3.85. The van der Waals surface area contributed by atoms with Gasteiger partial charge in [0.2, 0.25) is 11.8 Å². The van der Waals surface area contributed by atoms with Gasteiger partial charge in [0, 0.05) is 45.2 Å². The summed E-state index contributed by atoms with van der Waals surface area (Å²) in [7, 11) is 2.11. The van der Waals surface area contributed by atoms with Crippen LogP contribution in [0.15, 0.2) is 30.3 Å². The lowest BCUT2D eigenvalue weighted by Crippen LogP contribution is -2.51. The molecule has 2 heterocycles. The van der Waals surface area contributed by atoms with E-state index in [1.165, 1.54) is 0 Å². The first kappa shape index (κ1) is 18.9. The molecule has 1 aromatic carbocycles. The fraction of sp³-hybridized carbons (Fsp3) is 0.600. The molecule has 2 aliphatic rings. The Bertz CT molecular complexity index is 626. The topological polar surface area (TPSA) is 55.9 Å². The van der Waals surface area contributed by atoms with Gasteiger partial charge in [-0.25, -0.2) is 0 Å². The minimum absolute atomic E-state index is 0.00385. The van der Waals surface area contributed by atoms with Crippen LogP contribution in [-0.2, 0) is 9.59 Å². The first-order valence-corrected chi connectivity index (χ1v) is 9.53. The van der Waals surface area contributed by atoms with Gasteiger partial charge in [0.25, 0.3) is 0 Å². The summed E-state index contributed by atoms with van der Waals surface area (Å²) in [6.07, 6.45) is 0.397. The van der Waals surface area contributed by atoms with Crippen molar-refractivity contribution in [2.75, 3.05) is 39.8 Å². The van der Waals surface area contributed by atoms with E-state index < -0.39 is 0 Å². The Kier molecular flexibility index (Phi) is 5.94. The highest BCUT2D eigenvalue weighted by atomic mass is 16.2. The summed E-state index contributed by atoms with van der Waals surface area (Å²) in [4.78, 5) is 31.7. The fourth-order valence-corrected chi connectivity index (χ4v) is 3.85. The Morgan fingerprint density at radius 2 is 1.77 bits per heavy atom. The van der Waals surface area contributed by atoms with E-state index in [-0.39, 0.29) is 29.9 Å². The molecule has 0 spiro atoms. The number of carbonyl (C=O) groups excluding carboxylic acids is 2. The molecule has 142 valence electrons. The van der Waals surface area contributed by atoms with Crippen molar-refractivity contribution >= 4 is 11.8 Å². The second kappa shape index (κ2) is 8.18. The Morgan fingerprint density at radius 1 is 1.12 bits per heavy atom. The van der Waals surface area contributed by atoms with Crippen LogP contribution in [0.3, 0.4) is 0 Å². The Labute approximate surface area is 156 Å². The van der Waals surface area contributed by atoms with Crippen LogP contribution in [-0.4, -0.2) is 78.4 Å². The van der Waals surface area contributed by atoms with Gasteiger partial charge in [-0.3, -0.25) is 14.5 Å². The number of amides is 2. The van der Waals surface area contributed by atoms with Crippen LogP contribution in [0.25, 0.3) is 0 Å². The molecule has 0 aliphatic carbocycles. The van der Waals surface area contributed by atoms with Crippen molar-refractivity contribution in [3.8, 4) is 0 Å². The molecule has 3 rings (SSSR count). The highest BCUT2D eigenvalue weighted by Crippen LogP contribution is 2.23. The van der Waals surface area contributed by atoms with Crippen LogP contribution in [0.5, 0.6) is 0 Å². The number of rotatable bonds is 5. The summed E-state index contributed by atoms with van der Waals surface area (Å²) in [5, 5.41) is 3.14. The van der Waals surface area contributed by atoms with Crippen molar-refractivity contribution in [2.24, 2.45) is 0 Å². The first-order chi connectivity index (χ1) is 12.5. The highest BCUT2D eigenvalue weighted by Gasteiger charge is 2.35. The summed E-state index contributed by atoms with van der Waals surface area (Å²) in [6, 6.07) is 9.73. The molecular formula is C20H30N4O2. The van der Waals surface area contributed by atoms with Crippen LogP contribution in [0, 0.1) is 0 Å². The van der Waals surface area contributed by atoms with E-state index in [9.17, 15) is 9.59 Å². The lowest BCUT2D eigenvalue weighted by Gasteiger charge is -2.37. The van der Waals surface area contributed by atoms with Gasteiger partial charge in [0.15, 0.2) is 0 Å². The predicted molar refractivity (Wildman–Crippen MR) is 102 cm³/mol. The predicted octanol–water partition coefficient (Wildman–Crippen LogP) is 1.10. The summed E-state index contributed by atoms with van der Waals surface area (Å²) in [5.41, 5.74) is 1.01. The third-order valence-electron chi connectivity index (χ3n) is 5.39. The quantitative estimate of drug-likeness (QED) is 0.856. The number of benzene rings is 1. The molecule has 1 aromatic rings. The number of hydrogen-bond donors (Lipinski definition) is 1. The first-order valence-electron chi connectivity index (χ1n) is 9.53. The van der Waals surface area contributed by atoms with Gasteiger partial charge in [0.1, 0.15) is 6.04 Å². The van der Waals surface area contributed by atoms with Gasteiger partial charge >= 0.3 is 0 Å². The molecule has 0 aromatic heterocycles. The van der Waals surface area contributed by atoms with Crippen molar-refractivity contribution in [3.63, 3.8) is 0 Å². The van der Waals surface area contributed by atoms with E-state index in [0.717, 1.165) is 31.7 Å². The number of nitrogens with zero attached hydrogens (tertiary/aromatic N) is 3. The smallest absolute Gasteiger partial charge is 0.242 e. The number of hydrogen-bond acceptors (Lipinski definition) is 4. The molecule has 2 aliphatic heterocycles. The molecule has 2 fully saturated rings. The molecule has 0 bridgehead atoms. The molecule has 2 atom stereocenters. The third kappa shape index (κ3) is 4.24. The second-order valence-corrected chi connectivity index (χ2v) is 7.70. The highest BCUT2D eigenvalue weighted by molar-refractivity contribution is 5.86. The molecular weight excluding hydrogens is 328 g/mol. The summed E-state index contributed by atoms with van der Waals surface area (Å²) in [6.45, 7) is 8.28. The van der Waals surface area contributed by atoms with Crippen molar-refractivity contribution < 1.29 is 9.59 Å². The number of likely N-dealkylation sites (tertiary alicyclic amines) is 1. The Hall–Kier alpha value is -1.92. The van der Waals surface area contributed by atoms with Crippen molar-refractivity contribution in [2.45, 2.75) is 38.4 Å². The molecule has 0 radical (unpaired) electrons. The third-order valence-corrected chi connectivity index (χ3v) is 5.39. The van der Waals surface area contributed by atoms with Gasteiger partial charge in [-0.05, 0) is 26.5 Å². The number of carbonyl (C=O) groups is 2. The van der Waals surface area contributed by atoms with Crippen molar-refractivity contribution in [1.82, 2.24) is 20.0 Å². The maximum absolute atomic E-state index is 13.2. The van der Waals surface area contributed by atoms with Crippen molar-refractivity contribution in [3.05, 3.63) is 35.9 Å². The lowest BCUT2D eigenvalue weighted by atomic mass is 10.0. The lowest BCUT2D eigenvalue weighted by molar-refractivity contribution is -0.129. The largest absolute Gasteiger partial charge is 0.349 e. The SMILES string of the molecule is CC(C)N1CC(NC(=O)C(c2ccccc2)N2CCN(C)CC2)CC1=O. The maximum Gasteiger partial charge on any atom is 0.242 e. The monoisotopic (exact) mass is 358 g/mol. The number of nitrogens with one attached hydrogen (secondary N) is 1. The zero-order valence-electron chi connectivity index (χ0n) is 16.0. The van der Waals surface area contributed by atoms with Crippen LogP contribution in [0.1, 0.15) is 31.9 Å². The summed E-state index contributed by atoms with van der Waals surface area (Å²) < 4.78 is 0. The van der Waals surface area contributed by atoms with E-state index >= 15 is 0 Å². The Morgan fingerprint density at radius 3 is 2.35 bits per heavy atom. The summed E-state index contributed by atoms with van der Waals surface area (Å²) >= 11 is 0. The number of likely N-dealkylation sites (N-methyl/N-ethyl adjacent to an activating group) is 1. The van der Waals surface area contributed by atoms with Gasteiger partial charge < -0.3 is 15.1 Å². The minimum atomic E-state index is -0.298. The zero-order valence-corrected chi connectivity index (χ0v) is 16.0. The van der Waals surface area contributed by atoms with E-state index in [0.29, 0.717) is 13.0 Å². The second-order valence-electron chi connectivity index (χ2n) is 7.70. The van der Waals surface area contributed by atoms with E-state index in [2.05, 4.69) is 22.2 Å². The van der Waals surface area contributed by atoms with Gasteiger partial charge in [-0.15, -0.1) is 0 Å². The van der Waals surface area contributed by atoms with Gasteiger partial charge in [-0.1, -0.05) is 30.3 Å². The Balaban J connectivity index is 1.72. The molecule has 2 amide bonds. The van der Waals surface area contributed by atoms with E-state index in [1.807, 2.05) is 49.1 Å². The van der Waals surface area contributed by atoms with Gasteiger partial charge in [0.05, 0.1) is 6.04 Å². The van der Waals surface area contributed by atoms with E-state index in [1.54, 1.807) is 0 Å². The van der Waals surface area contributed by atoms with E-state index in [4.69, 9.17) is 0 Å². The van der Waals surface area contributed by atoms with Crippen LogP contribution in [0.4, 0.5) is 0 Å². The zero-order chi connectivity index (χ0) is 18.7. The average molecular weight is 358 g/mol. The van der Waals surface area contributed by atoms with Gasteiger partial charge in [-0.2, -0.15) is 0 Å². The average Bonchev–Trinajstić information content (AvgIpc) is 2.98. The number of piperazine rings is 1. The normalized spacial score (nSPS) is 23.5. The molecule has 6 heteroatoms. The molecule has 2 unspecified atom stereocenters. The van der Waals surface area contributed by atoms with Crippen LogP contribution < -0.4 is 5.32 Å². The van der Waals surface area contributed by atoms with Crippen LogP contribution in [0.2, 0.25) is 0 Å². The maximum atomic E-state index is 13.2. The minimum Gasteiger partial charge on any atom is -0.349 e. The molecule has 0 saturated carbocycles. The molecule has 6 nitrogen and oxygen atoms in total. The molecule has 26 heavy (non-hydrogen) atoms. The van der Waals surface area contributed by atoms with Crippen molar-refractivity contribution in [1.29, 1.82) is 0 Å². The van der Waals surface area contributed by atoms with Crippen LogP contribution >= 0.6 is 0 Å².